The van der Waals surface area contributed by atoms with Crippen LogP contribution in [0, 0.1) is 0 Å². The Morgan fingerprint density at radius 2 is 2.00 bits per heavy atom. The van der Waals surface area contributed by atoms with Crippen LogP contribution in [-0.2, 0) is 13.6 Å². The van der Waals surface area contributed by atoms with Gasteiger partial charge in [0.2, 0.25) is 0 Å². The zero-order chi connectivity index (χ0) is 18.1. The number of aromatic nitrogens is 4. The second-order valence-corrected chi connectivity index (χ2v) is 7.19. The summed E-state index contributed by atoms with van der Waals surface area (Å²) in [6.07, 6.45) is 9.14. The number of nitrogens with two attached hydrogens (primary N) is 1. The monoisotopic (exact) mass is 355 g/mol. The van der Waals surface area contributed by atoms with Crippen LogP contribution >= 0.6 is 0 Å². The van der Waals surface area contributed by atoms with Gasteiger partial charge in [-0.05, 0) is 31.7 Å². The largest absolute Gasteiger partial charge is 0.346 e. The molecule has 2 aromatic rings. The van der Waals surface area contributed by atoms with Crippen LogP contribution in [0.5, 0.6) is 0 Å². The number of nitrogens with zero attached hydrogens (tertiary/aromatic N) is 6. The average molecular weight is 355 g/mol. The van der Waals surface area contributed by atoms with Crippen LogP contribution in [0.1, 0.15) is 41.9 Å². The van der Waals surface area contributed by atoms with E-state index in [0.717, 1.165) is 43.7 Å². The van der Waals surface area contributed by atoms with Crippen molar-refractivity contribution < 1.29 is 4.79 Å². The Balaban J connectivity index is 1.47. The smallest absolute Gasteiger partial charge is 0.274 e. The quantitative estimate of drug-likeness (QED) is 0.858. The van der Waals surface area contributed by atoms with Crippen molar-refractivity contribution in [2.75, 3.05) is 18.0 Å². The van der Waals surface area contributed by atoms with Gasteiger partial charge < -0.3 is 15.5 Å². The van der Waals surface area contributed by atoms with Gasteiger partial charge in [-0.15, -0.1) is 0 Å². The molecule has 0 radical (unpaired) electrons. The summed E-state index contributed by atoms with van der Waals surface area (Å²) in [5, 5.41) is 4.23. The van der Waals surface area contributed by atoms with E-state index in [0.29, 0.717) is 24.8 Å². The second kappa shape index (κ2) is 7.03. The second-order valence-electron chi connectivity index (χ2n) is 7.19. The van der Waals surface area contributed by atoms with Gasteiger partial charge in [0.05, 0.1) is 24.6 Å². The molecule has 0 spiro atoms. The Bertz CT molecular complexity index is 760. The number of amides is 1. The van der Waals surface area contributed by atoms with E-state index in [4.69, 9.17) is 5.73 Å². The zero-order valence-corrected chi connectivity index (χ0v) is 15.1. The summed E-state index contributed by atoms with van der Waals surface area (Å²) in [6, 6.07) is 2.71. The van der Waals surface area contributed by atoms with Crippen LogP contribution in [0.3, 0.4) is 0 Å². The van der Waals surface area contributed by atoms with E-state index in [1.165, 1.54) is 0 Å². The first kappa shape index (κ1) is 17.0. The molecule has 1 aliphatic heterocycles. The van der Waals surface area contributed by atoms with Crippen LogP contribution in [0.4, 0.5) is 5.82 Å². The van der Waals surface area contributed by atoms with Crippen LogP contribution < -0.4 is 10.6 Å². The van der Waals surface area contributed by atoms with Gasteiger partial charge in [-0.3, -0.25) is 9.48 Å². The number of anilines is 1. The van der Waals surface area contributed by atoms with Crippen LogP contribution in [0.15, 0.2) is 24.7 Å². The van der Waals surface area contributed by atoms with Crippen LogP contribution in [0.25, 0.3) is 0 Å². The van der Waals surface area contributed by atoms with Gasteiger partial charge in [-0.1, -0.05) is 0 Å². The molecule has 1 saturated heterocycles. The first-order valence-corrected chi connectivity index (χ1v) is 9.22. The van der Waals surface area contributed by atoms with Crippen LogP contribution in [0.2, 0.25) is 0 Å². The fourth-order valence-electron chi connectivity index (χ4n) is 3.36. The molecule has 2 aliphatic rings. The Kier molecular flexibility index (Phi) is 4.58. The third kappa shape index (κ3) is 3.55. The number of rotatable bonds is 5. The lowest BCUT2D eigenvalue weighted by molar-refractivity contribution is 0.0708. The fourth-order valence-corrected chi connectivity index (χ4v) is 3.36. The third-order valence-corrected chi connectivity index (χ3v) is 5.22. The molecule has 4 rings (SSSR count). The number of likely N-dealkylation sites (tertiary alicyclic amines) is 1. The van der Waals surface area contributed by atoms with Gasteiger partial charge in [0.1, 0.15) is 11.5 Å². The van der Waals surface area contributed by atoms with E-state index in [1.807, 2.05) is 22.7 Å². The van der Waals surface area contributed by atoms with Gasteiger partial charge in [-0.2, -0.15) is 5.10 Å². The summed E-state index contributed by atoms with van der Waals surface area (Å²) in [5.74, 6) is 0.756. The van der Waals surface area contributed by atoms with Crippen molar-refractivity contribution in [3.05, 3.63) is 36.0 Å². The number of hydrogen-bond donors (Lipinski definition) is 1. The standard InChI is InChI=1S/C18H25N7O/c1-23-15(4-7-22-23)12-25(14-2-3-14)17-11-20-16(10-21-17)18(26)24-8-5-13(19)6-9-24/h4,7,10-11,13-14H,2-3,5-6,8-9,12,19H2,1H3. The van der Waals surface area contributed by atoms with Crippen molar-refractivity contribution >= 4 is 11.7 Å². The van der Waals surface area contributed by atoms with Gasteiger partial charge in [0.25, 0.3) is 5.91 Å². The normalized spacial score (nSPS) is 18.2. The first-order valence-electron chi connectivity index (χ1n) is 9.22. The summed E-state index contributed by atoms with van der Waals surface area (Å²) >= 11 is 0. The van der Waals surface area contributed by atoms with E-state index in [1.54, 1.807) is 18.6 Å². The molecular weight excluding hydrogens is 330 g/mol. The summed E-state index contributed by atoms with van der Waals surface area (Å²) in [5.41, 5.74) is 7.44. The maximum absolute atomic E-state index is 12.6. The maximum Gasteiger partial charge on any atom is 0.274 e. The van der Waals surface area contributed by atoms with Crippen molar-refractivity contribution in [1.29, 1.82) is 0 Å². The van der Waals surface area contributed by atoms with E-state index in [2.05, 4.69) is 20.0 Å². The highest BCUT2D eigenvalue weighted by molar-refractivity contribution is 5.92. The lowest BCUT2D eigenvalue weighted by Gasteiger charge is -2.30. The van der Waals surface area contributed by atoms with Gasteiger partial charge >= 0.3 is 0 Å². The molecule has 26 heavy (non-hydrogen) atoms. The molecule has 2 fully saturated rings. The van der Waals surface area contributed by atoms with E-state index in [-0.39, 0.29) is 11.9 Å². The highest BCUT2D eigenvalue weighted by atomic mass is 16.2. The highest BCUT2D eigenvalue weighted by Crippen LogP contribution is 2.31. The molecule has 1 amide bonds. The lowest BCUT2D eigenvalue weighted by atomic mass is 10.1. The van der Waals surface area contributed by atoms with Gasteiger partial charge in [0.15, 0.2) is 0 Å². The van der Waals surface area contributed by atoms with Crippen molar-refractivity contribution in [3.63, 3.8) is 0 Å². The maximum atomic E-state index is 12.6. The Morgan fingerprint density at radius 1 is 1.23 bits per heavy atom. The summed E-state index contributed by atoms with van der Waals surface area (Å²) in [6.45, 7) is 2.13. The molecule has 0 atom stereocenters. The fraction of sp³-hybridized carbons (Fsp3) is 0.556. The van der Waals surface area contributed by atoms with E-state index >= 15 is 0 Å². The molecule has 8 heteroatoms. The van der Waals surface area contributed by atoms with Gasteiger partial charge in [0, 0.05) is 38.4 Å². The molecule has 0 unspecified atom stereocenters. The SMILES string of the molecule is Cn1nccc1CN(c1cnc(C(=O)N2CCC(N)CC2)cn1)C1CC1. The van der Waals surface area contributed by atoms with Crippen molar-refractivity contribution in [2.45, 2.75) is 44.3 Å². The number of hydrogen-bond acceptors (Lipinski definition) is 6. The minimum absolute atomic E-state index is 0.0550. The van der Waals surface area contributed by atoms with Crippen LogP contribution in [-0.4, -0.2) is 55.7 Å². The lowest BCUT2D eigenvalue weighted by Crippen LogP contribution is -2.43. The summed E-state index contributed by atoms with van der Waals surface area (Å²) < 4.78 is 1.88. The van der Waals surface area contributed by atoms with Crippen molar-refractivity contribution in [2.24, 2.45) is 12.8 Å². The minimum atomic E-state index is -0.0550. The minimum Gasteiger partial charge on any atom is -0.346 e. The van der Waals surface area contributed by atoms with E-state index in [9.17, 15) is 4.79 Å². The Labute approximate surface area is 153 Å². The van der Waals surface area contributed by atoms with E-state index < -0.39 is 0 Å². The molecule has 1 aliphatic carbocycles. The number of carbonyl (C=O) groups excluding carboxylic acids is 1. The molecule has 1 saturated carbocycles. The molecule has 0 bridgehead atoms. The molecule has 2 aromatic heterocycles. The molecule has 8 nitrogen and oxygen atoms in total. The molecule has 0 aromatic carbocycles. The Hall–Kier alpha value is -2.48. The molecule has 3 heterocycles. The first-order chi connectivity index (χ1) is 12.6. The van der Waals surface area contributed by atoms with Crippen molar-refractivity contribution in [1.82, 2.24) is 24.6 Å². The molecular formula is C18H25N7O. The molecule has 138 valence electrons. The summed E-state index contributed by atoms with van der Waals surface area (Å²) in [7, 11) is 1.94. The molecule has 2 N–H and O–H groups in total. The average Bonchev–Trinajstić information content (AvgIpc) is 3.42. The highest BCUT2D eigenvalue weighted by Gasteiger charge is 2.31. The summed E-state index contributed by atoms with van der Waals surface area (Å²) in [4.78, 5) is 25.6. The number of aryl methyl sites for hydroxylation is 1. The third-order valence-electron chi connectivity index (χ3n) is 5.22. The predicted octanol–water partition coefficient (Wildman–Crippen LogP) is 0.942. The number of carbonyl (C=O) groups is 1. The number of piperidine rings is 1. The predicted molar refractivity (Wildman–Crippen MR) is 97.6 cm³/mol. The Morgan fingerprint density at radius 3 is 2.58 bits per heavy atom. The topological polar surface area (TPSA) is 93.2 Å². The zero-order valence-electron chi connectivity index (χ0n) is 15.1. The van der Waals surface area contributed by atoms with Crippen molar-refractivity contribution in [3.8, 4) is 0 Å². The van der Waals surface area contributed by atoms with Gasteiger partial charge in [-0.25, -0.2) is 9.97 Å².